The first-order valence-electron chi connectivity index (χ1n) is 12.4. The van der Waals surface area contributed by atoms with Crippen LogP contribution in [0.1, 0.15) is 78.1 Å². The molecule has 29 heavy (non-hydrogen) atoms. The first-order chi connectivity index (χ1) is 14.0. The van der Waals surface area contributed by atoms with Crippen molar-refractivity contribution in [2.45, 2.75) is 90.2 Å². The Hall–Kier alpha value is -0.870. The van der Waals surface area contributed by atoms with E-state index < -0.39 is 0 Å². The van der Waals surface area contributed by atoms with E-state index in [4.69, 9.17) is 4.74 Å². The standard InChI is InChI=1S/C25H40N2O2/c1-18-7-6-10-25(2)16-23-20(15-22(18)25)21(24(28)29-23)17-26-13-8-19(9-14-26)27-11-4-3-5-12-27/h19-21,23H,3-17H2,1-2H3/t20-,21-,23-,25-/m1/s1. The summed E-state index contributed by atoms with van der Waals surface area (Å²) in [5.41, 5.74) is 3.57. The van der Waals surface area contributed by atoms with Gasteiger partial charge >= 0.3 is 5.97 Å². The molecule has 0 bridgehead atoms. The molecule has 0 spiro atoms. The fourth-order valence-electron chi connectivity index (χ4n) is 7.35. The highest BCUT2D eigenvalue weighted by molar-refractivity contribution is 5.76. The van der Waals surface area contributed by atoms with Gasteiger partial charge in [0.05, 0.1) is 5.92 Å². The van der Waals surface area contributed by atoms with E-state index in [1.54, 1.807) is 11.1 Å². The molecule has 2 aliphatic carbocycles. The highest BCUT2D eigenvalue weighted by Gasteiger charge is 2.53. The summed E-state index contributed by atoms with van der Waals surface area (Å²) in [4.78, 5) is 18.2. The summed E-state index contributed by atoms with van der Waals surface area (Å²) in [5, 5.41) is 0. The largest absolute Gasteiger partial charge is 0.462 e. The molecule has 0 radical (unpaired) electrons. The van der Waals surface area contributed by atoms with Gasteiger partial charge in [-0.3, -0.25) is 4.79 Å². The molecule has 1 saturated carbocycles. The molecule has 5 rings (SSSR count). The van der Waals surface area contributed by atoms with Crippen LogP contribution in [0.3, 0.4) is 0 Å². The van der Waals surface area contributed by atoms with Gasteiger partial charge in [-0.2, -0.15) is 0 Å². The van der Waals surface area contributed by atoms with Gasteiger partial charge in [0.1, 0.15) is 6.10 Å². The molecule has 3 heterocycles. The monoisotopic (exact) mass is 400 g/mol. The van der Waals surface area contributed by atoms with Gasteiger partial charge in [0.15, 0.2) is 0 Å². The summed E-state index contributed by atoms with van der Waals surface area (Å²) in [6.45, 7) is 10.6. The minimum atomic E-state index is 0.0957. The topological polar surface area (TPSA) is 32.8 Å². The number of likely N-dealkylation sites (tertiary alicyclic amines) is 2. The van der Waals surface area contributed by atoms with Gasteiger partial charge in [0.2, 0.25) is 0 Å². The van der Waals surface area contributed by atoms with Gasteiger partial charge in [0, 0.05) is 18.5 Å². The number of nitrogens with zero attached hydrogens (tertiary/aromatic N) is 2. The zero-order valence-electron chi connectivity index (χ0n) is 18.6. The van der Waals surface area contributed by atoms with Crippen molar-refractivity contribution in [2.75, 3.05) is 32.7 Å². The van der Waals surface area contributed by atoms with E-state index in [9.17, 15) is 4.79 Å². The predicted octanol–water partition coefficient (Wildman–Crippen LogP) is 4.40. The van der Waals surface area contributed by atoms with Crippen LogP contribution in [0.2, 0.25) is 0 Å². The fourth-order valence-corrected chi connectivity index (χ4v) is 7.35. The van der Waals surface area contributed by atoms with Crippen LogP contribution >= 0.6 is 0 Å². The van der Waals surface area contributed by atoms with E-state index >= 15 is 0 Å². The molecule has 4 heteroatoms. The summed E-state index contributed by atoms with van der Waals surface area (Å²) in [6, 6.07) is 0.778. The Bertz CT molecular complexity index is 660. The number of piperidine rings is 2. The molecule has 0 aromatic carbocycles. The van der Waals surface area contributed by atoms with Crippen LogP contribution in [0.15, 0.2) is 11.1 Å². The summed E-state index contributed by atoms with van der Waals surface area (Å²) in [5.74, 6) is 0.607. The van der Waals surface area contributed by atoms with Gasteiger partial charge in [-0.25, -0.2) is 0 Å². The molecule has 4 atom stereocenters. The van der Waals surface area contributed by atoms with Gasteiger partial charge in [-0.1, -0.05) is 24.5 Å². The molecule has 0 amide bonds. The van der Waals surface area contributed by atoms with Crippen molar-refractivity contribution in [1.82, 2.24) is 9.80 Å². The number of carbonyl (C=O) groups is 1. The van der Waals surface area contributed by atoms with Gasteiger partial charge in [-0.15, -0.1) is 0 Å². The van der Waals surface area contributed by atoms with Crippen LogP contribution < -0.4 is 0 Å². The number of hydrogen-bond acceptors (Lipinski definition) is 4. The van der Waals surface area contributed by atoms with Crippen LogP contribution in [0.25, 0.3) is 0 Å². The smallest absolute Gasteiger partial charge is 0.310 e. The molecule has 4 nitrogen and oxygen atoms in total. The maximum Gasteiger partial charge on any atom is 0.310 e. The van der Waals surface area contributed by atoms with Crippen molar-refractivity contribution in [2.24, 2.45) is 17.3 Å². The van der Waals surface area contributed by atoms with Crippen LogP contribution in [-0.4, -0.2) is 60.6 Å². The second-order valence-electron chi connectivity index (χ2n) is 11.0. The lowest BCUT2D eigenvalue weighted by atomic mass is 9.59. The third kappa shape index (κ3) is 3.80. The number of fused-ring (bicyclic) bond motifs is 2. The maximum absolute atomic E-state index is 12.8. The Morgan fingerprint density at radius 1 is 1.07 bits per heavy atom. The van der Waals surface area contributed by atoms with E-state index in [1.807, 2.05) is 0 Å². The summed E-state index contributed by atoms with van der Waals surface area (Å²) < 4.78 is 5.99. The molecule has 0 N–H and O–H groups in total. The number of esters is 1. The molecule has 3 aliphatic heterocycles. The van der Waals surface area contributed by atoms with Crippen molar-refractivity contribution in [1.29, 1.82) is 0 Å². The zero-order chi connectivity index (χ0) is 20.0. The summed E-state index contributed by atoms with van der Waals surface area (Å²) >= 11 is 0. The number of rotatable bonds is 3. The lowest BCUT2D eigenvalue weighted by Gasteiger charge is -2.46. The number of allylic oxidation sites excluding steroid dienone is 2. The highest BCUT2D eigenvalue weighted by Crippen LogP contribution is 2.55. The SMILES string of the molecule is CC1=C2C[C@H]3[C@@H](C[C@@]2(C)CCC1)OC(=O)[C@@H]3CN1CCC(N2CCCCC2)CC1. The van der Waals surface area contributed by atoms with Crippen molar-refractivity contribution < 1.29 is 9.53 Å². The number of carbonyl (C=O) groups excluding carboxylic acids is 1. The fraction of sp³-hybridized carbons (Fsp3) is 0.880. The summed E-state index contributed by atoms with van der Waals surface area (Å²) in [7, 11) is 0. The predicted molar refractivity (Wildman–Crippen MR) is 116 cm³/mol. The average molecular weight is 401 g/mol. The highest BCUT2D eigenvalue weighted by atomic mass is 16.6. The molecule has 4 fully saturated rings. The van der Waals surface area contributed by atoms with Crippen LogP contribution in [0, 0.1) is 17.3 Å². The first-order valence-corrected chi connectivity index (χ1v) is 12.4. The Morgan fingerprint density at radius 3 is 2.59 bits per heavy atom. The number of hydrogen-bond donors (Lipinski definition) is 0. The zero-order valence-corrected chi connectivity index (χ0v) is 18.6. The quantitative estimate of drug-likeness (QED) is 0.519. The average Bonchev–Trinajstić information content (AvgIpc) is 3.01. The molecule has 5 aliphatic rings. The van der Waals surface area contributed by atoms with Crippen molar-refractivity contribution in [3.8, 4) is 0 Å². The van der Waals surface area contributed by atoms with Gasteiger partial charge in [-0.05, 0) is 96.3 Å². The third-order valence-electron chi connectivity index (χ3n) is 9.10. The Morgan fingerprint density at radius 2 is 1.83 bits per heavy atom. The summed E-state index contributed by atoms with van der Waals surface area (Å²) in [6.07, 6.45) is 12.9. The van der Waals surface area contributed by atoms with Crippen LogP contribution in [-0.2, 0) is 9.53 Å². The lowest BCUT2D eigenvalue weighted by molar-refractivity contribution is -0.145. The second-order valence-corrected chi connectivity index (χ2v) is 11.0. The minimum absolute atomic E-state index is 0.0957. The Balaban J connectivity index is 1.21. The molecule has 0 unspecified atom stereocenters. The van der Waals surface area contributed by atoms with E-state index in [0.29, 0.717) is 5.92 Å². The molecule has 0 aromatic rings. The van der Waals surface area contributed by atoms with Gasteiger partial charge < -0.3 is 14.5 Å². The molecule has 162 valence electrons. The maximum atomic E-state index is 12.8. The first kappa shape index (κ1) is 20.1. The van der Waals surface area contributed by atoms with E-state index in [0.717, 1.165) is 38.5 Å². The van der Waals surface area contributed by atoms with Crippen molar-refractivity contribution in [3.05, 3.63) is 11.1 Å². The van der Waals surface area contributed by atoms with E-state index in [1.165, 1.54) is 64.5 Å². The van der Waals surface area contributed by atoms with Crippen molar-refractivity contribution >= 4 is 5.97 Å². The minimum Gasteiger partial charge on any atom is -0.462 e. The molecular formula is C25H40N2O2. The molecule has 0 aromatic heterocycles. The van der Waals surface area contributed by atoms with E-state index in [2.05, 4.69) is 23.6 Å². The normalized spacial score (nSPS) is 39.9. The Kier molecular flexibility index (Phi) is 5.53. The second kappa shape index (κ2) is 8.00. The third-order valence-corrected chi connectivity index (χ3v) is 9.10. The lowest BCUT2D eigenvalue weighted by Crippen LogP contribution is -2.48. The van der Waals surface area contributed by atoms with E-state index in [-0.39, 0.29) is 23.4 Å². The van der Waals surface area contributed by atoms with Crippen molar-refractivity contribution in [3.63, 3.8) is 0 Å². The van der Waals surface area contributed by atoms with Crippen LogP contribution in [0.4, 0.5) is 0 Å². The Labute approximate surface area is 177 Å². The van der Waals surface area contributed by atoms with Gasteiger partial charge in [0.25, 0.3) is 0 Å². The molecule has 3 saturated heterocycles. The number of ether oxygens (including phenoxy) is 1. The molecular weight excluding hydrogens is 360 g/mol. The van der Waals surface area contributed by atoms with Crippen LogP contribution in [0.5, 0.6) is 0 Å².